The zero-order valence-electron chi connectivity index (χ0n) is 18.9. The molecule has 0 atom stereocenters. The fourth-order valence-corrected chi connectivity index (χ4v) is 3.47. The van der Waals surface area contributed by atoms with Gasteiger partial charge in [0, 0.05) is 0 Å². The van der Waals surface area contributed by atoms with Crippen LogP contribution < -0.4 is 9.47 Å². The van der Waals surface area contributed by atoms with Crippen molar-refractivity contribution in [3.63, 3.8) is 0 Å². The third-order valence-corrected chi connectivity index (χ3v) is 5.42. The van der Waals surface area contributed by atoms with Gasteiger partial charge in [-0.15, -0.1) is 0 Å². The van der Waals surface area contributed by atoms with E-state index in [9.17, 15) is 22.0 Å². The molecule has 0 N–H and O–H groups in total. The maximum Gasteiger partial charge on any atom is 0.206 e. The molecule has 0 heterocycles. The number of unbranched alkanes of at least 4 members (excludes halogenated alkanes) is 5. The number of hydrogen-bond donors (Lipinski definition) is 0. The Morgan fingerprint density at radius 3 is 1.49 bits per heavy atom. The van der Waals surface area contributed by atoms with Crippen molar-refractivity contribution < 1.29 is 31.4 Å². The average Bonchev–Trinajstić information content (AvgIpc) is 2.89. The van der Waals surface area contributed by atoms with Crippen molar-refractivity contribution in [1.29, 1.82) is 5.26 Å². The van der Waals surface area contributed by atoms with E-state index in [1.165, 1.54) is 0 Å². The van der Waals surface area contributed by atoms with Crippen molar-refractivity contribution in [2.75, 3.05) is 13.2 Å². The Morgan fingerprint density at radius 1 is 0.543 bits per heavy atom. The summed E-state index contributed by atoms with van der Waals surface area (Å²) in [6, 6.07) is 17.2. The van der Waals surface area contributed by atoms with E-state index >= 15 is 0 Å². The number of ether oxygens (including phenoxy) is 2. The second-order valence-corrected chi connectivity index (χ2v) is 7.93. The van der Waals surface area contributed by atoms with Crippen LogP contribution in [0.4, 0.5) is 22.0 Å². The van der Waals surface area contributed by atoms with E-state index in [-0.39, 0.29) is 6.61 Å². The first-order valence-electron chi connectivity index (χ1n) is 11.3. The molecule has 0 amide bonds. The van der Waals surface area contributed by atoms with Gasteiger partial charge >= 0.3 is 0 Å². The number of halogens is 5. The number of hydrogen-bond acceptors (Lipinski definition) is 3. The van der Waals surface area contributed by atoms with Gasteiger partial charge < -0.3 is 9.47 Å². The lowest BCUT2D eigenvalue weighted by Crippen LogP contribution is -2.08. The highest BCUT2D eigenvalue weighted by Crippen LogP contribution is 2.29. The first-order valence-corrected chi connectivity index (χ1v) is 11.3. The summed E-state index contributed by atoms with van der Waals surface area (Å²) in [5.41, 5.74) is 2.67. The maximum atomic E-state index is 13.5. The van der Waals surface area contributed by atoms with Crippen LogP contribution in [0, 0.1) is 40.4 Å². The van der Waals surface area contributed by atoms with Gasteiger partial charge in [0.2, 0.25) is 29.1 Å². The Bertz CT molecular complexity index is 1130. The normalized spacial score (nSPS) is 10.7. The van der Waals surface area contributed by atoms with Crippen molar-refractivity contribution in [2.24, 2.45) is 0 Å². The van der Waals surface area contributed by atoms with Crippen LogP contribution in [0.2, 0.25) is 0 Å². The van der Waals surface area contributed by atoms with E-state index in [2.05, 4.69) is 6.07 Å². The van der Waals surface area contributed by atoms with E-state index in [0.717, 1.165) is 42.6 Å². The predicted molar refractivity (Wildman–Crippen MR) is 122 cm³/mol. The fourth-order valence-electron chi connectivity index (χ4n) is 3.47. The van der Waals surface area contributed by atoms with Crippen LogP contribution in [0.5, 0.6) is 11.5 Å². The van der Waals surface area contributed by atoms with E-state index in [4.69, 9.17) is 14.7 Å². The second-order valence-electron chi connectivity index (χ2n) is 7.93. The van der Waals surface area contributed by atoms with Gasteiger partial charge in [-0.2, -0.15) is 14.0 Å². The minimum Gasteiger partial charge on any atom is -0.494 e. The van der Waals surface area contributed by atoms with Gasteiger partial charge in [0.1, 0.15) is 5.75 Å². The molecule has 0 aliphatic heterocycles. The standard InChI is InChI=1S/C27H24F5NO2/c28-22-23(29)25(31)27(26(32)24(22)30)35-16-6-4-2-1-3-5-15-34-21-13-11-20(12-14-21)19-9-7-18(17-33)8-10-19/h7-14H,1-6,15-16H2. The van der Waals surface area contributed by atoms with Crippen LogP contribution in [-0.4, -0.2) is 13.2 Å². The van der Waals surface area contributed by atoms with Crippen LogP contribution in [-0.2, 0) is 0 Å². The Hall–Kier alpha value is -3.60. The summed E-state index contributed by atoms with van der Waals surface area (Å²) in [4.78, 5) is 0. The molecule has 0 unspecified atom stereocenters. The SMILES string of the molecule is N#Cc1ccc(-c2ccc(OCCCCCCCCOc3c(F)c(F)c(F)c(F)c3F)cc2)cc1. The minimum absolute atomic E-state index is 0.139. The molecule has 0 radical (unpaired) electrons. The number of rotatable bonds is 12. The van der Waals surface area contributed by atoms with Crippen molar-refractivity contribution in [1.82, 2.24) is 0 Å². The molecule has 0 fully saturated rings. The summed E-state index contributed by atoms with van der Waals surface area (Å²) in [6.45, 7) is 0.430. The van der Waals surface area contributed by atoms with Crippen molar-refractivity contribution in [3.05, 3.63) is 83.2 Å². The predicted octanol–water partition coefficient (Wildman–Crippen LogP) is 7.72. The van der Waals surface area contributed by atoms with Gasteiger partial charge in [-0.25, -0.2) is 13.2 Å². The summed E-state index contributed by atoms with van der Waals surface area (Å²) in [7, 11) is 0. The lowest BCUT2D eigenvalue weighted by molar-refractivity contribution is 0.255. The van der Waals surface area contributed by atoms with Crippen LogP contribution >= 0.6 is 0 Å². The highest BCUT2D eigenvalue weighted by atomic mass is 19.2. The summed E-state index contributed by atoms with van der Waals surface area (Å²) in [5.74, 6) is -10.6. The van der Waals surface area contributed by atoms with E-state index in [1.807, 2.05) is 36.4 Å². The van der Waals surface area contributed by atoms with E-state index in [0.29, 0.717) is 25.0 Å². The zero-order chi connectivity index (χ0) is 25.2. The molecule has 8 heteroatoms. The summed E-state index contributed by atoms with van der Waals surface area (Å²) in [6.07, 6.45) is 4.69. The minimum atomic E-state index is -2.20. The molecule has 0 aliphatic carbocycles. The zero-order valence-corrected chi connectivity index (χ0v) is 18.9. The second kappa shape index (κ2) is 12.7. The van der Waals surface area contributed by atoms with Crippen LogP contribution in [0.1, 0.15) is 44.1 Å². The molecule has 0 spiro atoms. The summed E-state index contributed by atoms with van der Waals surface area (Å²) >= 11 is 0. The van der Waals surface area contributed by atoms with Gasteiger partial charge in [0.15, 0.2) is 5.75 Å². The smallest absolute Gasteiger partial charge is 0.206 e. The van der Waals surface area contributed by atoms with E-state index < -0.39 is 34.8 Å². The van der Waals surface area contributed by atoms with Gasteiger partial charge in [-0.1, -0.05) is 49.9 Å². The summed E-state index contributed by atoms with van der Waals surface area (Å²) in [5, 5.41) is 8.87. The topological polar surface area (TPSA) is 42.2 Å². The molecule has 184 valence electrons. The number of nitriles is 1. The Labute approximate surface area is 200 Å². The quantitative estimate of drug-likeness (QED) is 0.113. The van der Waals surface area contributed by atoms with Crippen LogP contribution in [0.25, 0.3) is 11.1 Å². The van der Waals surface area contributed by atoms with Crippen molar-refractivity contribution in [2.45, 2.75) is 38.5 Å². The third kappa shape index (κ3) is 6.95. The van der Waals surface area contributed by atoms with Crippen molar-refractivity contribution in [3.8, 4) is 28.7 Å². The van der Waals surface area contributed by atoms with Crippen molar-refractivity contribution >= 4 is 0 Å². The molecule has 3 nitrogen and oxygen atoms in total. The molecule has 3 aromatic rings. The molecular formula is C27H24F5NO2. The maximum absolute atomic E-state index is 13.5. The third-order valence-electron chi connectivity index (χ3n) is 5.42. The Balaban J connectivity index is 1.27. The fraction of sp³-hybridized carbons (Fsp3) is 0.296. The number of benzene rings is 3. The highest BCUT2D eigenvalue weighted by Gasteiger charge is 2.26. The Kier molecular flexibility index (Phi) is 9.47. The summed E-state index contributed by atoms with van der Waals surface area (Å²) < 4.78 is 76.9. The first-order chi connectivity index (χ1) is 16.9. The van der Waals surface area contributed by atoms with Gasteiger partial charge in [0.05, 0.1) is 24.8 Å². The van der Waals surface area contributed by atoms with Gasteiger partial charge in [-0.3, -0.25) is 0 Å². The largest absolute Gasteiger partial charge is 0.494 e. The van der Waals surface area contributed by atoms with Crippen LogP contribution in [0.15, 0.2) is 48.5 Å². The average molecular weight is 489 g/mol. The first kappa shape index (κ1) is 26.0. The molecule has 0 aliphatic rings. The number of nitrogens with zero attached hydrogens (tertiary/aromatic N) is 1. The lowest BCUT2D eigenvalue weighted by Gasteiger charge is -2.10. The van der Waals surface area contributed by atoms with Gasteiger partial charge in [0.25, 0.3) is 0 Å². The van der Waals surface area contributed by atoms with E-state index in [1.54, 1.807) is 12.1 Å². The molecule has 35 heavy (non-hydrogen) atoms. The van der Waals surface area contributed by atoms with Gasteiger partial charge in [-0.05, 0) is 48.2 Å². The van der Waals surface area contributed by atoms with Crippen LogP contribution in [0.3, 0.4) is 0 Å². The molecule has 0 aromatic heterocycles. The molecule has 3 rings (SSSR count). The molecule has 0 saturated carbocycles. The monoisotopic (exact) mass is 489 g/mol. The molecule has 0 bridgehead atoms. The Morgan fingerprint density at radius 2 is 0.971 bits per heavy atom. The molecule has 0 saturated heterocycles. The molecular weight excluding hydrogens is 465 g/mol. The highest BCUT2D eigenvalue weighted by molar-refractivity contribution is 5.64. The molecule has 3 aromatic carbocycles. The lowest BCUT2D eigenvalue weighted by atomic mass is 10.0.